The molecule has 0 heterocycles. The SMILES string of the molecule is C=C(CCC)C1CCC2C3CCC4=CC(=O)CCC4(O)C3CCC12C. The molecule has 4 rings (SSSR count). The summed E-state index contributed by atoms with van der Waals surface area (Å²) in [6.45, 7) is 9.23. The summed E-state index contributed by atoms with van der Waals surface area (Å²) in [5.74, 6) is 2.63. The van der Waals surface area contributed by atoms with E-state index in [0.29, 0.717) is 36.0 Å². The van der Waals surface area contributed by atoms with Crippen molar-refractivity contribution in [2.45, 2.75) is 83.7 Å². The Balaban J connectivity index is 1.61. The zero-order chi connectivity index (χ0) is 17.8. The molecule has 2 nitrogen and oxygen atoms in total. The highest BCUT2D eigenvalue weighted by Crippen LogP contribution is 2.65. The van der Waals surface area contributed by atoms with Gasteiger partial charge in [0, 0.05) is 6.42 Å². The lowest BCUT2D eigenvalue weighted by Gasteiger charge is -2.57. The molecule has 0 aromatic heterocycles. The van der Waals surface area contributed by atoms with Crippen LogP contribution in [0.2, 0.25) is 0 Å². The van der Waals surface area contributed by atoms with Crippen molar-refractivity contribution in [1.82, 2.24) is 0 Å². The minimum absolute atomic E-state index is 0.218. The van der Waals surface area contributed by atoms with E-state index in [1.54, 1.807) is 6.08 Å². The molecule has 25 heavy (non-hydrogen) atoms. The van der Waals surface area contributed by atoms with Crippen molar-refractivity contribution in [2.75, 3.05) is 0 Å². The summed E-state index contributed by atoms with van der Waals surface area (Å²) in [5.41, 5.74) is 2.23. The van der Waals surface area contributed by atoms with Crippen LogP contribution in [0.4, 0.5) is 0 Å². The quantitative estimate of drug-likeness (QED) is 0.714. The summed E-state index contributed by atoms with van der Waals surface area (Å²) in [7, 11) is 0. The third-order valence-corrected chi connectivity index (χ3v) is 8.51. The monoisotopic (exact) mass is 342 g/mol. The van der Waals surface area contributed by atoms with Crippen LogP contribution in [-0.4, -0.2) is 16.5 Å². The summed E-state index contributed by atoms with van der Waals surface area (Å²) in [5, 5.41) is 11.5. The van der Waals surface area contributed by atoms with Gasteiger partial charge in [0.25, 0.3) is 0 Å². The van der Waals surface area contributed by atoms with Crippen molar-refractivity contribution in [2.24, 2.45) is 29.1 Å². The summed E-state index contributed by atoms with van der Waals surface area (Å²) < 4.78 is 0. The van der Waals surface area contributed by atoms with E-state index in [0.717, 1.165) is 24.3 Å². The predicted octanol–water partition coefficient (Wildman–Crippen LogP) is 5.22. The van der Waals surface area contributed by atoms with Gasteiger partial charge >= 0.3 is 0 Å². The maximum absolute atomic E-state index is 11.8. The minimum Gasteiger partial charge on any atom is -0.385 e. The summed E-state index contributed by atoms with van der Waals surface area (Å²) in [6.07, 6.45) is 12.4. The number of carbonyl (C=O) groups excluding carboxylic acids is 1. The normalized spacial score (nSPS) is 46.0. The first-order valence-electron chi connectivity index (χ1n) is 10.5. The first-order chi connectivity index (χ1) is 11.9. The Labute approximate surface area is 152 Å². The number of carbonyl (C=O) groups is 1. The van der Waals surface area contributed by atoms with Gasteiger partial charge in [-0.3, -0.25) is 4.79 Å². The second-order valence-corrected chi connectivity index (χ2v) is 9.56. The number of ketones is 1. The van der Waals surface area contributed by atoms with Crippen LogP contribution in [0.3, 0.4) is 0 Å². The molecule has 6 unspecified atom stereocenters. The zero-order valence-corrected chi connectivity index (χ0v) is 16.0. The van der Waals surface area contributed by atoms with Gasteiger partial charge in [-0.05, 0) is 92.1 Å². The molecule has 4 aliphatic rings. The smallest absolute Gasteiger partial charge is 0.155 e. The van der Waals surface area contributed by atoms with Crippen molar-refractivity contribution < 1.29 is 9.90 Å². The van der Waals surface area contributed by atoms with Crippen LogP contribution in [-0.2, 0) is 4.79 Å². The maximum Gasteiger partial charge on any atom is 0.155 e. The Morgan fingerprint density at radius 1 is 1.20 bits per heavy atom. The predicted molar refractivity (Wildman–Crippen MR) is 101 cm³/mol. The van der Waals surface area contributed by atoms with E-state index in [-0.39, 0.29) is 5.78 Å². The topological polar surface area (TPSA) is 37.3 Å². The molecule has 0 aromatic rings. The molecule has 0 amide bonds. The first-order valence-corrected chi connectivity index (χ1v) is 10.5. The molecule has 1 N–H and O–H groups in total. The van der Waals surface area contributed by atoms with Gasteiger partial charge in [-0.1, -0.05) is 32.4 Å². The lowest BCUT2D eigenvalue weighted by Crippen LogP contribution is -2.55. The van der Waals surface area contributed by atoms with E-state index in [4.69, 9.17) is 0 Å². The molecule has 0 radical (unpaired) electrons. The highest BCUT2D eigenvalue weighted by molar-refractivity contribution is 5.92. The van der Waals surface area contributed by atoms with Crippen LogP contribution in [0.25, 0.3) is 0 Å². The van der Waals surface area contributed by atoms with E-state index in [1.807, 2.05) is 0 Å². The molecular formula is C23H34O2. The molecule has 0 saturated heterocycles. The van der Waals surface area contributed by atoms with E-state index < -0.39 is 5.60 Å². The maximum atomic E-state index is 11.8. The van der Waals surface area contributed by atoms with Crippen molar-refractivity contribution >= 4 is 5.78 Å². The van der Waals surface area contributed by atoms with Crippen LogP contribution in [0.1, 0.15) is 78.1 Å². The van der Waals surface area contributed by atoms with E-state index >= 15 is 0 Å². The number of hydrogen-bond donors (Lipinski definition) is 1. The van der Waals surface area contributed by atoms with Crippen LogP contribution < -0.4 is 0 Å². The molecule has 0 bridgehead atoms. The van der Waals surface area contributed by atoms with Crippen molar-refractivity contribution in [3.8, 4) is 0 Å². The average Bonchev–Trinajstić information content (AvgIpc) is 2.93. The molecule has 0 aromatic carbocycles. The summed E-state index contributed by atoms with van der Waals surface area (Å²) >= 11 is 0. The Bertz CT molecular complexity index is 618. The van der Waals surface area contributed by atoms with Gasteiger partial charge in [0.15, 0.2) is 5.78 Å². The van der Waals surface area contributed by atoms with Crippen LogP contribution in [0.15, 0.2) is 23.8 Å². The molecular weight excluding hydrogens is 308 g/mol. The lowest BCUT2D eigenvalue weighted by atomic mass is 9.49. The van der Waals surface area contributed by atoms with Gasteiger partial charge in [-0.25, -0.2) is 0 Å². The highest BCUT2D eigenvalue weighted by atomic mass is 16.3. The molecule has 6 atom stereocenters. The fourth-order valence-corrected chi connectivity index (χ4v) is 7.35. The van der Waals surface area contributed by atoms with E-state index in [1.165, 1.54) is 44.1 Å². The van der Waals surface area contributed by atoms with E-state index in [9.17, 15) is 9.90 Å². The number of hydrogen-bond acceptors (Lipinski definition) is 2. The largest absolute Gasteiger partial charge is 0.385 e. The van der Waals surface area contributed by atoms with Gasteiger partial charge in [0.05, 0.1) is 5.60 Å². The first kappa shape index (κ1) is 17.5. The average molecular weight is 343 g/mol. The van der Waals surface area contributed by atoms with Crippen molar-refractivity contribution in [3.63, 3.8) is 0 Å². The molecule has 138 valence electrons. The molecule has 0 spiro atoms. The number of allylic oxidation sites excluding steroid dienone is 1. The van der Waals surface area contributed by atoms with Crippen molar-refractivity contribution in [3.05, 3.63) is 23.8 Å². The van der Waals surface area contributed by atoms with E-state index in [2.05, 4.69) is 20.4 Å². The summed E-state index contributed by atoms with van der Waals surface area (Å²) in [6, 6.07) is 0. The molecule has 4 aliphatic carbocycles. The molecule has 3 saturated carbocycles. The van der Waals surface area contributed by atoms with Crippen LogP contribution in [0.5, 0.6) is 0 Å². The zero-order valence-electron chi connectivity index (χ0n) is 16.0. The molecule has 0 aliphatic heterocycles. The van der Waals surface area contributed by atoms with Gasteiger partial charge in [0.1, 0.15) is 0 Å². The lowest BCUT2D eigenvalue weighted by molar-refractivity contribution is -0.126. The third-order valence-electron chi connectivity index (χ3n) is 8.51. The Kier molecular flexibility index (Phi) is 4.26. The Morgan fingerprint density at radius 3 is 2.76 bits per heavy atom. The number of fused-ring (bicyclic) bond motifs is 5. The third kappa shape index (κ3) is 2.51. The molecule has 3 fully saturated rings. The second-order valence-electron chi connectivity index (χ2n) is 9.56. The van der Waals surface area contributed by atoms with Crippen LogP contribution >= 0.6 is 0 Å². The second kappa shape index (κ2) is 6.08. The minimum atomic E-state index is -0.684. The van der Waals surface area contributed by atoms with Gasteiger partial charge in [-0.15, -0.1) is 0 Å². The van der Waals surface area contributed by atoms with Crippen LogP contribution in [0, 0.1) is 29.1 Å². The molecule has 2 heteroatoms. The van der Waals surface area contributed by atoms with Gasteiger partial charge in [-0.2, -0.15) is 0 Å². The Morgan fingerprint density at radius 2 is 2.00 bits per heavy atom. The summed E-state index contributed by atoms with van der Waals surface area (Å²) in [4.78, 5) is 11.8. The fourth-order valence-electron chi connectivity index (χ4n) is 7.35. The number of rotatable bonds is 3. The van der Waals surface area contributed by atoms with Crippen molar-refractivity contribution in [1.29, 1.82) is 0 Å². The fraction of sp³-hybridized carbons (Fsp3) is 0.783. The van der Waals surface area contributed by atoms with Gasteiger partial charge < -0.3 is 5.11 Å². The Hall–Kier alpha value is -0.890. The number of aliphatic hydroxyl groups is 1. The van der Waals surface area contributed by atoms with Gasteiger partial charge in [0.2, 0.25) is 0 Å². The standard InChI is InChI=1S/C23H34O2/c1-4-5-15(2)19-8-9-20-18-7-6-16-14-17(24)10-13-23(16,25)21(18)11-12-22(19,20)3/h14,18-21,25H,2,4-13H2,1,3H3. The highest BCUT2D eigenvalue weighted by Gasteiger charge is 2.59.